The van der Waals surface area contributed by atoms with Gasteiger partial charge < -0.3 is 9.26 Å². The van der Waals surface area contributed by atoms with E-state index in [9.17, 15) is 14.0 Å². The molecule has 7 nitrogen and oxygen atoms in total. The summed E-state index contributed by atoms with van der Waals surface area (Å²) < 4.78 is 23.4. The molecular formula is C17H14FN3O4S. The Morgan fingerprint density at radius 3 is 2.73 bits per heavy atom. The highest BCUT2D eigenvalue weighted by Crippen LogP contribution is 2.25. The second kappa shape index (κ2) is 7.04. The molecule has 0 atom stereocenters. The van der Waals surface area contributed by atoms with Crippen molar-refractivity contribution in [3.05, 3.63) is 51.9 Å². The van der Waals surface area contributed by atoms with Crippen LogP contribution in [0.5, 0.6) is 0 Å². The molecule has 134 valence electrons. The van der Waals surface area contributed by atoms with Crippen LogP contribution in [0, 0.1) is 19.7 Å². The first kappa shape index (κ1) is 17.7. The lowest BCUT2D eigenvalue weighted by Gasteiger charge is -1.98. The molecule has 1 aromatic carbocycles. The topological polar surface area (TPSA) is 94.3 Å². The first-order valence-corrected chi connectivity index (χ1v) is 8.31. The van der Waals surface area contributed by atoms with Crippen LogP contribution in [0.25, 0.3) is 11.3 Å². The summed E-state index contributed by atoms with van der Waals surface area (Å²) in [6, 6.07) is 6.00. The van der Waals surface area contributed by atoms with E-state index in [4.69, 9.17) is 4.52 Å². The van der Waals surface area contributed by atoms with Gasteiger partial charge in [-0.3, -0.25) is 10.1 Å². The van der Waals surface area contributed by atoms with Gasteiger partial charge in [-0.1, -0.05) is 28.6 Å². The number of benzene rings is 1. The third-order valence-electron chi connectivity index (χ3n) is 3.59. The largest absolute Gasteiger partial charge is 0.465 e. The van der Waals surface area contributed by atoms with E-state index in [1.807, 2.05) is 0 Å². The van der Waals surface area contributed by atoms with Crippen LogP contribution in [0.3, 0.4) is 0 Å². The van der Waals surface area contributed by atoms with Gasteiger partial charge in [0.05, 0.1) is 12.8 Å². The molecule has 3 rings (SSSR count). The molecule has 9 heteroatoms. The van der Waals surface area contributed by atoms with Crippen LogP contribution >= 0.6 is 11.3 Å². The number of nitrogens with one attached hydrogen (secondary N) is 1. The molecule has 0 aliphatic carbocycles. The minimum atomic E-state index is -0.558. The van der Waals surface area contributed by atoms with Crippen molar-refractivity contribution in [3.8, 4) is 11.3 Å². The van der Waals surface area contributed by atoms with Crippen LogP contribution in [-0.4, -0.2) is 29.1 Å². The number of nitrogens with zero attached hydrogens (tertiary/aromatic N) is 2. The van der Waals surface area contributed by atoms with Crippen molar-refractivity contribution in [2.24, 2.45) is 0 Å². The minimum Gasteiger partial charge on any atom is -0.465 e. The second-order valence-corrected chi connectivity index (χ2v) is 6.42. The Morgan fingerprint density at radius 1 is 1.27 bits per heavy atom. The average molecular weight is 375 g/mol. The highest BCUT2D eigenvalue weighted by molar-refractivity contribution is 7.17. The average Bonchev–Trinajstić information content (AvgIpc) is 3.24. The molecule has 1 N–H and O–H groups in total. The normalized spacial score (nSPS) is 10.6. The maximum Gasteiger partial charge on any atom is 0.350 e. The molecule has 1 amide bonds. The molecule has 0 saturated heterocycles. The molecule has 0 aliphatic heterocycles. The van der Waals surface area contributed by atoms with Gasteiger partial charge in [-0.15, -0.1) is 0 Å². The number of carbonyl (C=O) groups excluding carboxylic acids is 2. The molecule has 0 spiro atoms. The Hall–Kier alpha value is -3.07. The summed E-state index contributed by atoms with van der Waals surface area (Å²) in [6.45, 7) is 3.29. The number of anilines is 1. The number of thiazole rings is 1. The van der Waals surface area contributed by atoms with Gasteiger partial charge >= 0.3 is 5.97 Å². The Balaban J connectivity index is 1.78. The first-order chi connectivity index (χ1) is 12.4. The summed E-state index contributed by atoms with van der Waals surface area (Å²) >= 11 is 0.996. The summed E-state index contributed by atoms with van der Waals surface area (Å²) in [6.07, 6.45) is 0. The molecule has 0 fully saturated rings. The monoisotopic (exact) mass is 375 g/mol. The summed E-state index contributed by atoms with van der Waals surface area (Å²) in [5.74, 6) is -1.19. The van der Waals surface area contributed by atoms with Crippen molar-refractivity contribution in [2.45, 2.75) is 13.8 Å². The zero-order valence-electron chi connectivity index (χ0n) is 14.1. The van der Waals surface area contributed by atoms with E-state index in [-0.39, 0.29) is 22.4 Å². The maximum absolute atomic E-state index is 13.7. The molecule has 0 aliphatic rings. The van der Waals surface area contributed by atoms with Gasteiger partial charge in [-0.2, -0.15) is 0 Å². The maximum atomic E-state index is 13.7. The lowest BCUT2D eigenvalue weighted by Crippen LogP contribution is -2.11. The van der Waals surface area contributed by atoms with Gasteiger partial charge in [0.25, 0.3) is 5.91 Å². The number of hydrogen-bond donors (Lipinski definition) is 1. The number of rotatable bonds is 4. The quantitative estimate of drug-likeness (QED) is 0.700. The Morgan fingerprint density at radius 2 is 2.04 bits per heavy atom. The highest BCUT2D eigenvalue weighted by atomic mass is 32.1. The summed E-state index contributed by atoms with van der Waals surface area (Å²) in [4.78, 5) is 28.3. The van der Waals surface area contributed by atoms with E-state index in [2.05, 4.69) is 20.2 Å². The van der Waals surface area contributed by atoms with Crippen LogP contribution in [-0.2, 0) is 4.74 Å². The fourth-order valence-corrected chi connectivity index (χ4v) is 3.04. The molecule has 0 bridgehead atoms. The number of amides is 1. The van der Waals surface area contributed by atoms with Crippen molar-refractivity contribution in [2.75, 3.05) is 12.4 Å². The molecule has 0 unspecified atom stereocenters. The van der Waals surface area contributed by atoms with E-state index in [0.717, 1.165) is 11.3 Å². The number of ether oxygens (including phenoxy) is 1. The number of carbonyl (C=O) groups is 2. The Bertz CT molecular complexity index is 996. The van der Waals surface area contributed by atoms with Gasteiger partial charge in [0.15, 0.2) is 16.6 Å². The Labute approximate surface area is 151 Å². The standard InChI is InChI=1S/C17H14FN3O4S/c1-8-4-5-10(6-11(8)18)13-7-12(21-25-13)15(22)20-17-19-9(2)14(26-17)16(23)24-3/h4-7H,1-3H3,(H,19,20,22). The molecule has 0 radical (unpaired) electrons. The predicted octanol–water partition coefficient (Wildman–Crippen LogP) is 3.59. The first-order valence-electron chi connectivity index (χ1n) is 7.49. The number of aromatic nitrogens is 2. The predicted molar refractivity (Wildman–Crippen MR) is 92.8 cm³/mol. The van der Waals surface area contributed by atoms with E-state index >= 15 is 0 Å². The van der Waals surface area contributed by atoms with Crippen LogP contribution in [0.1, 0.15) is 31.4 Å². The minimum absolute atomic E-state index is 0.00783. The van der Waals surface area contributed by atoms with Crippen molar-refractivity contribution in [1.29, 1.82) is 0 Å². The number of esters is 1. The lowest BCUT2D eigenvalue weighted by atomic mass is 10.1. The number of aryl methyl sites for hydroxylation is 2. The third-order valence-corrected chi connectivity index (χ3v) is 4.64. The zero-order chi connectivity index (χ0) is 18.8. The number of halogens is 1. The summed E-state index contributed by atoms with van der Waals surface area (Å²) in [7, 11) is 1.27. The zero-order valence-corrected chi connectivity index (χ0v) is 14.9. The molecular weight excluding hydrogens is 361 g/mol. The summed E-state index contributed by atoms with van der Waals surface area (Å²) in [5, 5.41) is 6.48. The van der Waals surface area contributed by atoms with E-state index in [0.29, 0.717) is 21.7 Å². The molecule has 2 aromatic heterocycles. The van der Waals surface area contributed by atoms with Gasteiger partial charge in [0, 0.05) is 11.6 Å². The smallest absolute Gasteiger partial charge is 0.350 e. The SMILES string of the molecule is COC(=O)c1sc(NC(=O)c2cc(-c3ccc(C)c(F)c3)on2)nc1C. The summed E-state index contributed by atoms with van der Waals surface area (Å²) in [5.41, 5.74) is 1.44. The van der Waals surface area contributed by atoms with E-state index in [1.165, 1.54) is 19.2 Å². The fourth-order valence-electron chi connectivity index (χ4n) is 2.16. The highest BCUT2D eigenvalue weighted by Gasteiger charge is 2.19. The number of methoxy groups -OCH3 is 1. The Kier molecular flexibility index (Phi) is 4.81. The number of hydrogen-bond acceptors (Lipinski definition) is 7. The van der Waals surface area contributed by atoms with Crippen molar-refractivity contribution < 1.29 is 23.2 Å². The van der Waals surface area contributed by atoms with Gasteiger partial charge in [-0.25, -0.2) is 14.2 Å². The van der Waals surface area contributed by atoms with Crippen LogP contribution < -0.4 is 5.32 Å². The van der Waals surface area contributed by atoms with Crippen molar-refractivity contribution in [3.63, 3.8) is 0 Å². The van der Waals surface area contributed by atoms with Crippen LogP contribution in [0.4, 0.5) is 9.52 Å². The van der Waals surface area contributed by atoms with Crippen molar-refractivity contribution >= 4 is 28.3 Å². The van der Waals surface area contributed by atoms with Gasteiger partial charge in [0.2, 0.25) is 0 Å². The van der Waals surface area contributed by atoms with Gasteiger partial charge in [-0.05, 0) is 25.5 Å². The molecule has 2 heterocycles. The van der Waals surface area contributed by atoms with Crippen LogP contribution in [0.15, 0.2) is 28.8 Å². The fraction of sp³-hybridized carbons (Fsp3) is 0.176. The van der Waals surface area contributed by atoms with Crippen LogP contribution in [0.2, 0.25) is 0 Å². The van der Waals surface area contributed by atoms with E-state index in [1.54, 1.807) is 26.0 Å². The van der Waals surface area contributed by atoms with Crippen molar-refractivity contribution in [1.82, 2.24) is 10.1 Å². The van der Waals surface area contributed by atoms with Gasteiger partial charge in [0.1, 0.15) is 10.7 Å². The lowest BCUT2D eigenvalue weighted by molar-refractivity contribution is 0.0605. The van der Waals surface area contributed by atoms with E-state index < -0.39 is 11.9 Å². The molecule has 0 saturated carbocycles. The third kappa shape index (κ3) is 3.47. The molecule has 26 heavy (non-hydrogen) atoms. The second-order valence-electron chi connectivity index (χ2n) is 5.42. The molecule has 3 aromatic rings.